The van der Waals surface area contributed by atoms with Crippen LogP contribution in [0.5, 0.6) is 0 Å². The van der Waals surface area contributed by atoms with Gasteiger partial charge < -0.3 is 15.4 Å². The van der Waals surface area contributed by atoms with Crippen LogP contribution in [0.15, 0.2) is 0 Å². The average molecular weight is 268 g/mol. The summed E-state index contributed by atoms with van der Waals surface area (Å²) in [6.45, 7) is 5.66. The van der Waals surface area contributed by atoms with Crippen LogP contribution in [0.25, 0.3) is 0 Å². The largest absolute Gasteiger partial charge is 0.444 e. The molecule has 0 radical (unpaired) electrons. The Morgan fingerprint density at radius 2 is 1.89 bits per heavy atom. The van der Waals surface area contributed by atoms with E-state index in [0.29, 0.717) is 0 Å². The van der Waals surface area contributed by atoms with Crippen LogP contribution in [0.1, 0.15) is 27.7 Å². The minimum absolute atomic E-state index is 0.161. The van der Waals surface area contributed by atoms with Crippen LogP contribution in [0.4, 0.5) is 18.0 Å². The van der Waals surface area contributed by atoms with Gasteiger partial charge in [-0.1, -0.05) is 0 Å². The Balaban J connectivity index is 2.77. The first-order valence-electron chi connectivity index (χ1n) is 5.66. The number of rotatable bonds is 0. The summed E-state index contributed by atoms with van der Waals surface area (Å²) in [6.07, 6.45) is -5.17. The fraction of sp³-hybridized carbons (Fsp3) is 0.909. The zero-order chi connectivity index (χ0) is 14.4. The normalized spacial score (nSPS) is 29.6. The molecule has 0 aromatic carbocycles. The molecule has 1 heterocycles. The lowest BCUT2D eigenvalue weighted by molar-refractivity contribution is -0.181. The summed E-state index contributed by atoms with van der Waals surface area (Å²) in [5, 5.41) is 0. The zero-order valence-corrected chi connectivity index (χ0v) is 11.0. The first kappa shape index (κ1) is 15.1. The van der Waals surface area contributed by atoms with Crippen molar-refractivity contribution in [1.29, 1.82) is 0 Å². The van der Waals surface area contributed by atoms with E-state index >= 15 is 0 Å². The van der Waals surface area contributed by atoms with Crippen LogP contribution < -0.4 is 5.73 Å². The molecule has 1 amide bonds. The number of amides is 1. The predicted octanol–water partition coefficient (Wildman–Crippen LogP) is 2.13. The van der Waals surface area contributed by atoms with Crippen molar-refractivity contribution in [1.82, 2.24) is 4.90 Å². The monoisotopic (exact) mass is 268 g/mol. The molecule has 1 saturated heterocycles. The number of hydrogen-bond donors (Lipinski definition) is 1. The predicted molar refractivity (Wildman–Crippen MR) is 59.9 cm³/mol. The van der Waals surface area contributed by atoms with Crippen LogP contribution >= 0.6 is 0 Å². The van der Waals surface area contributed by atoms with Gasteiger partial charge in [0.15, 0.2) is 0 Å². The molecule has 1 aliphatic heterocycles. The average Bonchev–Trinajstić information content (AvgIpc) is 2.37. The molecule has 106 valence electrons. The molecule has 2 N–H and O–H groups in total. The van der Waals surface area contributed by atoms with E-state index in [-0.39, 0.29) is 6.54 Å². The van der Waals surface area contributed by atoms with Gasteiger partial charge >= 0.3 is 12.3 Å². The third kappa shape index (κ3) is 3.51. The molecule has 2 atom stereocenters. The number of carbonyl (C=O) groups is 1. The van der Waals surface area contributed by atoms with Gasteiger partial charge in [0.1, 0.15) is 5.60 Å². The highest BCUT2D eigenvalue weighted by Gasteiger charge is 2.56. The summed E-state index contributed by atoms with van der Waals surface area (Å²) in [6, 6.07) is 0. The van der Waals surface area contributed by atoms with E-state index < -0.39 is 35.9 Å². The summed E-state index contributed by atoms with van der Waals surface area (Å²) in [7, 11) is 0. The minimum atomic E-state index is -4.42. The van der Waals surface area contributed by atoms with Crippen molar-refractivity contribution >= 4 is 6.09 Å². The molecule has 0 aromatic rings. The highest BCUT2D eigenvalue weighted by atomic mass is 19.4. The van der Waals surface area contributed by atoms with Gasteiger partial charge in [0, 0.05) is 18.6 Å². The highest BCUT2D eigenvalue weighted by Crippen LogP contribution is 2.38. The molecule has 0 unspecified atom stereocenters. The molecule has 7 heteroatoms. The number of hydrogen-bond acceptors (Lipinski definition) is 3. The standard InChI is InChI=1S/C11H19F3N2O2/c1-9(2,3)18-8(17)16-5-7(11(12,13)14)10(4,15)6-16/h7H,5-6,15H2,1-4H3/t7-,10+/m0/s1. The Labute approximate surface area is 104 Å². The van der Waals surface area contributed by atoms with E-state index in [9.17, 15) is 18.0 Å². The van der Waals surface area contributed by atoms with Gasteiger partial charge in [-0.05, 0) is 27.7 Å². The molecule has 1 aliphatic rings. The summed E-state index contributed by atoms with van der Waals surface area (Å²) < 4.78 is 43.4. The van der Waals surface area contributed by atoms with Crippen molar-refractivity contribution in [3.8, 4) is 0 Å². The number of halogens is 3. The van der Waals surface area contributed by atoms with Crippen LogP contribution in [0.2, 0.25) is 0 Å². The van der Waals surface area contributed by atoms with Crippen molar-refractivity contribution in [2.24, 2.45) is 11.7 Å². The lowest BCUT2D eigenvalue weighted by Gasteiger charge is -2.27. The van der Waals surface area contributed by atoms with Crippen LogP contribution in [0.3, 0.4) is 0 Å². The van der Waals surface area contributed by atoms with Crippen LogP contribution in [-0.4, -0.2) is 41.4 Å². The molecular formula is C11H19F3N2O2. The molecule has 4 nitrogen and oxygen atoms in total. The molecule has 0 bridgehead atoms. The minimum Gasteiger partial charge on any atom is -0.444 e. The quantitative estimate of drug-likeness (QED) is 0.732. The van der Waals surface area contributed by atoms with Gasteiger partial charge in [-0.25, -0.2) is 4.79 Å². The Bertz CT molecular complexity index is 334. The Morgan fingerprint density at radius 3 is 2.22 bits per heavy atom. The summed E-state index contributed by atoms with van der Waals surface area (Å²) >= 11 is 0. The van der Waals surface area contributed by atoms with Gasteiger partial charge in [-0.2, -0.15) is 13.2 Å². The second kappa shape index (κ2) is 4.29. The van der Waals surface area contributed by atoms with Crippen molar-refractivity contribution in [2.75, 3.05) is 13.1 Å². The van der Waals surface area contributed by atoms with Gasteiger partial charge in [0.2, 0.25) is 0 Å². The molecule has 1 rings (SSSR count). The molecule has 0 aromatic heterocycles. The molecular weight excluding hydrogens is 249 g/mol. The van der Waals surface area contributed by atoms with E-state index in [2.05, 4.69) is 0 Å². The first-order valence-corrected chi connectivity index (χ1v) is 5.66. The molecule has 0 aliphatic carbocycles. The van der Waals surface area contributed by atoms with Crippen molar-refractivity contribution in [3.63, 3.8) is 0 Å². The van der Waals surface area contributed by atoms with E-state index in [1.165, 1.54) is 6.92 Å². The maximum Gasteiger partial charge on any atom is 0.410 e. The van der Waals surface area contributed by atoms with Crippen LogP contribution in [-0.2, 0) is 4.74 Å². The smallest absolute Gasteiger partial charge is 0.410 e. The van der Waals surface area contributed by atoms with E-state index in [1.807, 2.05) is 0 Å². The number of ether oxygens (including phenoxy) is 1. The Morgan fingerprint density at radius 1 is 1.39 bits per heavy atom. The Hall–Kier alpha value is -0.980. The van der Waals surface area contributed by atoms with E-state index in [4.69, 9.17) is 10.5 Å². The van der Waals surface area contributed by atoms with Crippen molar-refractivity contribution < 1.29 is 22.7 Å². The van der Waals surface area contributed by atoms with Gasteiger partial charge in [-0.3, -0.25) is 0 Å². The number of nitrogens with zero attached hydrogens (tertiary/aromatic N) is 1. The second-order valence-electron chi connectivity index (χ2n) is 5.96. The van der Waals surface area contributed by atoms with E-state index in [1.54, 1.807) is 20.8 Å². The number of carbonyl (C=O) groups excluding carboxylic acids is 1. The van der Waals surface area contributed by atoms with Crippen molar-refractivity contribution in [2.45, 2.75) is 45.0 Å². The van der Waals surface area contributed by atoms with Crippen LogP contribution in [0, 0.1) is 5.92 Å². The fourth-order valence-corrected chi connectivity index (χ4v) is 1.96. The zero-order valence-electron chi connectivity index (χ0n) is 11.0. The van der Waals surface area contributed by atoms with E-state index in [0.717, 1.165) is 4.90 Å². The first-order chi connectivity index (χ1) is 7.83. The maximum absolute atomic E-state index is 12.8. The molecule has 0 saturated carbocycles. The number of alkyl halides is 3. The fourth-order valence-electron chi connectivity index (χ4n) is 1.96. The van der Waals surface area contributed by atoms with Gasteiger partial charge in [0.25, 0.3) is 0 Å². The lowest BCUT2D eigenvalue weighted by atomic mass is 9.90. The van der Waals surface area contributed by atoms with Gasteiger partial charge in [-0.15, -0.1) is 0 Å². The third-order valence-electron chi connectivity index (χ3n) is 2.78. The number of nitrogens with two attached hydrogens (primary N) is 1. The maximum atomic E-state index is 12.8. The van der Waals surface area contributed by atoms with Crippen molar-refractivity contribution in [3.05, 3.63) is 0 Å². The molecule has 18 heavy (non-hydrogen) atoms. The SMILES string of the molecule is CC(C)(C)OC(=O)N1C[C@H](C(F)(F)F)[C@](C)(N)C1. The Kier molecular flexibility index (Phi) is 3.60. The number of likely N-dealkylation sites (tertiary alicyclic amines) is 1. The lowest BCUT2D eigenvalue weighted by Crippen LogP contribution is -2.50. The molecule has 0 spiro atoms. The topological polar surface area (TPSA) is 55.6 Å². The van der Waals surface area contributed by atoms with Gasteiger partial charge in [0.05, 0.1) is 5.92 Å². The summed E-state index contributed by atoms with van der Waals surface area (Å²) in [5.74, 6) is -1.72. The second-order valence-corrected chi connectivity index (χ2v) is 5.96. The summed E-state index contributed by atoms with van der Waals surface area (Å²) in [4.78, 5) is 12.7. The molecule has 1 fully saturated rings. The highest BCUT2D eigenvalue weighted by molar-refractivity contribution is 5.68. The summed E-state index contributed by atoms with van der Waals surface area (Å²) in [5.41, 5.74) is 3.42. The third-order valence-corrected chi connectivity index (χ3v) is 2.78.